The van der Waals surface area contributed by atoms with Crippen molar-refractivity contribution in [1.29, 1.82) is 0 Å². The Balaban J connectivity index is 3.40. The first-order valence-corrected chi connectivity index (χ1v) is 25.5. The third-order valence-electron chi connectivity index (χ3n) is 11.1. The molecule has 0 unspecified atom stereocenters. The van der Waals surface area contributed by atoms with Crippen molar-refractivity contribution in [3.63, 3.8) is 0 Å². The van der Waals surface area contributed by atoms with Gasteiger partial charge in [0.15, 0.2) is 31.2 Å². The van der Waals surface area contributed by atoms with Gasteiger partial charge in [0.1, 0.15) is 5.78 Å². The van der Waals surface area contributed by atoms with E-state index in [0.29, 0.717) is 12.8 Å². The lowest BCUT2D eigenvalue weighted by molar-refractivity contribution is -0.262. The highest BCUT2D eigenvalue weighted by Crippen LogP contribution is 2.44. The molecule has 0 amide bonds. The maximum atomic E-state index is 13.1. The zero-order valence-corrected chi connectivity index (χ0v) is 35.0. The second kappa shape index (κ2) is 14.5. The minimum atomic E-state index is -2.13. The lowest BCUT2D eigenvalue weighted by Gasteiger charge is -2.50. The van der Waals surface area contributed by atoms with E-state index in [2.05, 4.69) is 122 Å². The summed E-state index contributed by atoms with van der Waals surface area (Å²) in [5.41, 5.74) is 0. The van der Waals surface area contributed by atoms with Crippen molar-refractivity contribution in [3.8, 4) is 0 Å². The predicted molar refractivity (Wildman–Crippen MR) is 189 cm³/mol. The predicted octanol–water partition coefficient (Wildman–Crippen LogP) is 9.95. The second-order valence-corrected chi connectivity index (χ2v) is 32.5. The van der Waals surface area contributed by atoms with Crippen molar-refractivity contribution in [3.05, 3.63) is 0 Å². The van der Waals surface area contributed by atoms with Gasteiger partial charge in [0, 0.05) is 30.8 Å². The topological polar surface area (TPSA) is 63.2 Å². The van der Waals surface area contributed by atoms with Gasteiger partial charge in [-0.1, -0.05) is 83.1 Å². The fourth-order valence-corrected chi connectivity index (χ4v) is 8.70. The first-order valence-electron chi connectivity index (χ1n) is 16.8. The van der Waals surface area contributed by atoms with E-state index in [1.54, 1.807) is 0 Å². The Bertz CT molecular complexity index is 897. The Morgan fingerprint density at radius 1 is 0.767 bits per heavy atom. The summed E-state index contributed by atoms with van der Waals surface area (Å²) in [6.45, 7) is 44.5. The Morgan fingerprint density at radius 2 is 1.21 bits per heavy atom. The monoisotopic (exact) mass is 660 g/mol. The highest BCUT2D eigenvalue weighted by Gasteiger charge is 2.50. The van der Waals surface area contributed by atoms with Gasteiger partial charge in [0.2, 0.25) is 0 Å². The van der Waals surface area contributed by atoms with Gasteiger partial charge in [-0.25, -0.2) is 0 Å². The number of rotatable bonds is 13. The summed E-state index contributed by atoms with van der Waals surface area (Å²) in [7, 11) is -6.23. The van der Waals surface area contributed by atoms with Gasteiger partial charge < -0.3 is 22.8 Å². The number of hydrogen-bond acceptors (Lipinski definition) is 6. The van der Waals surface area contributed by atoms with Crippen LogP contribution in [0.15, 0.2) is 0 Å². The van der Waals surface area contributed by atoms with Gasteiger partial charge in [-0.3, -0.25) is 4.79 Å². The molecule has 0 saturated carbocycles. The SMILES string of the molecule is CC(C)C(=O)C[C@@H](O[C@H]1C[C@@H](O[Si](C)(C)C(C)(C)C)[C@H](O[Si](C)(C)C(C)(C)C)[C@@H](C)O1)[C@H](C)[C@@H](C)O[Si](C)(C)C(C)(C)C. The molecule has 1 rings (SSSR count). The van der Waals surface area contributed by atoms with E-state index >= 15 is 0 Å². The molecule has 256 valence electrons. The minimum absolute atomic E-state index is 0.0108. The molecule has 1 aliphatic heterocycles. The number of Topliss-reactive ketones (excluding diaryl/α,β-unsaturated/α-hetero) is 1. The van der Waals surface area contributed by atoms with Crippen molar-refractivity contribution >= 4 is 30.7 Å². The van der Waals surface area contributed by atoms with Crippen molar-refractivity contribution in [2.45, 2.75) is 201 Å². The Morgan fingerprint density at radius 3 is 1.63 bits per heavy atom. The third-order valence-corrected chi connectivity index (χ3v) is 24.6. The number of ether oxygens (including phenoxy) is 2. The van der Waals surface area contributed by atoms with Crippen LogP contribution in [0.4, 0.5) is 0 Å². The van der Waals surface area contributed by atoms with Crippen molar-refractivity contribution in [2.75, 3.05) is 0 Å². The summed E-state index contributed by atoms with van der Waals surface area (Å²) >= 11 is 0. The van der Waals surface area contributed by atoms with Crippen LogP contribution in [-0.4, -0.2) is 67.5 Å². The van der Waals surface area contributed by atoms with Gasteiger partial charge in [-0.2, -0.15) is 0 Å². The van der Waals surface area contributed by atoms with Gasteiger partial charge in [-0.15, -0.1) is 0 Å². The standard InChI is InChI=1S/C34H72O6Si3/c1-23(2)27(35)21-28(24(3)25(4)38-41(15,16)32(6,7)8)37-30-22-29(39-42(17,18)33(9,10)11)31(26(5)36-30)40-43(19,20)34(12,13)14/h23-26,28-31H,21-22H2,1-20H3/t24-,25-,26-,28-,29-,30+,31-/m1/s1. The van der Waals surface area contributed by atoms with Crippen LogP contribution < -0.4 is 0 Å². The van der Waals surface area contributed by atoms with E-state index in [0.717, 1.165) is 0 Å². The van der Waals surface area contributed by atoms with Gasteiger partial charge in [-0.05, 0) is 68.2 Å². The molecule has 0 N–H and O–H groups in total. The summed E-state index contributed by atoms with van der Waals surface area (Å²) in [5.74, 6) is 0.156. The molecule has 0 aromatic carbocycles. The van der Waals surface area contributed by atoms with E-state index < -0.39 is 31.2 Å². The average molecular weight is 661 g/mol. The molecule has 0 aromatic rings. The molecule has 1 saturated heterocycles. The normalized spacial score (nSPS) is 25.5. The van der Waals surface area contributed by atoms with Crippen LogP contribution in [0.2, 0.25) is 54.4 Å². The summed E-state index contributed by atoms with van der Waals surface area (Å²) in [6.07, 6.45) is -0.482. The van der Waals surface area contributed by atoms with E-state index in [9.17, 15) is 4.79 Å². The molecule has 0 aromatic heterocycles. The molecule has 0 aliphatic carbocycles. The number of carbonyl (C=O) groups excluding carboxylic acids is 1. The third kappa shape index (κ3) is 11.1. The number of carbonyl (C=O) groups is 1. The summed E-state index contributed by atoms with van der Waals surface area (Å²) in [4.78, 5) is 13.1. The van der Waals surface area contributed by atoms with Crippen LogP contribution in [-0.2, 0) is 27.5 Å². The minimum Gasteiger partial charge on any atom is -0.414 e. The summed E-state index contributed by atoms with van der Waals surface area (Å²) < 4.78 is 34.4. The van der Waals surface area contributed by atoms with Crippen LogP contribution in [0, 0.1) is 11.8 Å². The Kier molecular flexibility index (Phi) is 13.9. The van der Waals surface area contributed by atoms with E-state index in [4.69, 9.17) is 22.8 Å². The second-order valence-electron chi connectivity index (χ2n) is 18.2. The van der Waals surface area contributed by atoms with Crippen LogP contribution in [0.5, 0.6) is 0 Å². The van der Waals surface area contributed by atoms with Crippen molar-refractivity contribution < 1.29 is 27.5 Å². The zero-order chi connectivity index (χ0) is 34.1. The maximum Gasteiger partial charge on any atom is 0.192 e. The molecule has 1 fully saturated rings. The number of hydrogen-bond donors (Lipinski definition) is 0. The molecular formula is C34H72O6Si3. The first kappa shape index (κ1) is 41.1. The van der Waals surface area contributed by atoms with Crippen LogP contribution >= 0.6 is 0 Å². The van der Waals surface area contributed by atoms with Gasteiger partial charge in [0.25, 0.3) is 0 Å². The van der Waals surface area contributed by atoms with E-state index in [1.165, 1.54) is 0 Å². The molecular weight excluding hydrogens is 589 g/mol. The van der Waals surface area contributed by atoms with Crippen molar-refractivity contribution in [2.24, 2.45) is 11.8 Å². The van der Waals surface area contributed by atoms with Crippen LogP contribution in [0.25, 0.3) is 0 Å². The largest absolute Gasteiger partial charge is 0.414 e. The summed E-state index contributed by atoms with van der Waals surface area (Å²) in [6, 6.07) is 0. The lowest BCUT2D eigenvalue weighted by atomic mass is 9.92. The molecule has 1 heterocycles. The lowest BCUT2D eigenvalue weighted by Crippen LogP contribution is -2.59. The maximum absolute atomic E-state index is 13.1. The highest BCUT2D eigenvalue weighted by atomic mass is 28.4. The molecule has 7 atom stereocenters. The molecule has 6 nitrogen and oxygen atoms in total. The smallest absolute Gasteiger partial charge is 0.192 e. The number of ketones is 1. The highest BCUT2D eigenvalue weighted by molar-refractivity contribution is 6.75. The molecule has 9 heteroatoms. The van der Waals surface area contributed by atoms with Crippen LogP contribution in [0.1, 0.15) is 110 Å². The molecule has 43 heavy (non-hydrogen) atoms. The van der Waals surface area contributed by atoms with Gasteiger partial charge in [0.05, 0.1) is 24.4 Å². The zero-order valence-electron chi connectivity index (χ0n) is 32.0. The van der Waals surface area contributed by atoms with Crippen molar-refractivity contribution in [1.82, 2.24) is 0 Å². The van der Waals surface area contributed by atoms with Gasteiger partial charge >= 0.3 is 0 Å². The van der Waals surface area contributed by atoms with E-state index in [1.807, 2.05) is 13.8 Å². The Labute approximate surface area is 270 Å². The summed E-state index contributed by atoms with van der Waals surface area (Å²) in [5, 5.41) is 0.226. The fourth-order valence-electron chi connectivity index (χ4n) is 4.48. The quantitative estimate of drug-likeness (QED) is 0.183. The molecule has 0 spiro atoms. The molecule has 0 radical (unpaired) electrons. The molecule has 0 bridgehead atoms. The molecule has 1 aliphatic rings. The first-order chi connectivity index (χ1) is 18.9. The average Bonchev–Trinajstić information content (AvgIpc) is 2.77. The fraction of sp³-hybridized carbons (Fsp3) is 0.971. The Hall–Kier alpha value is 0.121. The van der Waals surface area contributed by atoms with E-state index in [-0.39, 0.29) is 63.3 Å². The van der Waals surface area contributed by atoms with Crippen LogP contribution in [0.3, 0.4) is 0 Å².